The van der Waals surface area contributed by atoms with Crippen molar-refractivity contribution < 1.29 is 19.1 Å². The Kier molecular flexibility index (Phi) is 5.76. The summed E-state index contributed by atoms with van der Waals surface area (Å²) in [5.74, 6) is -0.0939. The Morgan fingerprint density at radius 1 is 1.03 bits per heavy atom. The highest BCUT2D eigenvalue weighted by molar-refractivity contribution is 8.02. The number of hydrogen-bond acceptors (Lipinski definition) is 5. The zero-order valence-corrected chi connectivity index (χ0v) is 20.5. The Labute approximate surface area is 208 Å². The van der Waals surface area contributed by atoms with Gasteiger partial charge in [-0.1, -0.05) is 36.4 Å². The van der Waals surface area contributed by atoms with Crippen LogP contribution in [0.25, 0.3) is 0 Å². The van der Waals surface area contributed by atoms with Crippen molar-refractivity contribution in [2.24, 2.45) is 0 Å². The van der Waals surface area contributed by atoms with E-state index in [-0.39, 0.29) is 30.0 Å². The topological polar surface area (TPSA) is 79.0 Å². The second kappa shape index (κ2) is 8.78. The summed E-state index contributed by atoms with van der Waals surface area (Å²) in [6, 6.07) is 20.2. The standard InChI is InChI=1S/C27H25N3O4S/c1-17-12-13-19(14-18(17)2)30-25(32)16-35-27(30)20-8-4-6-10-22(20)29(26(27)33)15-24(31)28-21-9-5-7-11-23(21)34-3/h4-14H,15-16H2,1-3H3,(H,28,31)/t27-/m1/s1. The van der Waals surface area contributed by atoms with Gasteiger partial charge in [0.05, 0.1) is 24.2 Å². The summed E-state index contributed by atoms with van der Waals surface area (Å²) in [7, 11) is 1.53. The van der Waals surface area contributed by atoms with E-state index in [1.165, 1.54) is 23.8 Å². The molecule has 2 aliphatic heterocycles. The number of benzene rings is 3. The van der Waals surface area contributed by atoms with Gasteiger partial charge in [-0.05, 0) is 55.3 Å². The highest BCUT2D eigenvalue weighted by Crippen LogP contribution is 2.55. The normalized spacial score (nSPS) is 18.8. The fourth-order valence-corrected chi connectivity index (χ4v) is 6.02. The zero-order chi connectivity index (χ0) is 24.7. The molecule has 3 aromatic rings. The fourth-order valence-electron chi connectivity index (χ4n) is 4.66. The Hall–Kier alpha value is -3.78. The molecule has 0 aliphatic carbocycles. The molecule has 5 rings (SSSR count). The van der Waals surface area contributed by atoms with Gasteiger partial charge in [-0.25, -0.2) is 0 Å². The Bertz CT molecular complexity index is 1360. The molecule has 1 fully saturated rings. The predicted octanol–water partition coefficient (Wildman–Crippen LogP) is 4.23. The van der Waals surface area contributed by atoms with E-state index in [2.05, 4.69) is 5.32 Å². The molecule has 2 heterocycles. The monoisotopic (exact) mass is 487 g/mol. The third-order valence-electron chi connectivity index (χ3n) is 6.50. The number of nitrogens with one attached hydrogen (secondary N) is 1. The van der Waals surface area contributed by atoms with Gasteiger partial charge in [0.15, 0.2) is 0 Å². The van der Waals surface area contributed by atoms with Crippen LogP contribution in [-0.2, 0) is 19.3 Å². The second-order valence-electron chi connectivity index (χ2n) is 8.59. The summed E-state index contributed by atoms with van der Waals surface area (Å²) in [4.78, 5) is 42.1. The molecule has 35 heavy (non-hydrogen) atoms. The van der Waals surface area contributed by atoms with Crippen LogP contribution >= 0.6 is 11.8 Å². The molecule has 3 amide bonds. The predicted molar refractivity (Wildman–Crippen MR) is 138 cm³/mol. The average molecular weight is 488 g/mol. The number of methoxy groups -OCH3 is 1. The lowest BCUT2D eigenvalue weighted by Crippen LogP contribution is -2.50. The van der Waals surface area contributed by atoms with Crippen LogP contribution in [0.3, 0.4) is 0 Å². The number of rotatable bonds is 5. The molecule has 178 valence electrons. The molecule has 1 saturated heterocycles. The number of carbonyl (C=O) groups is 3. The van der Waals surface area contributed by atoms with Crippen molar-refractivity contribution in [3.05, 3.63) is 83.4 Å². The van der Waals surface area contributed by atoms with Gasteiger partial charge < -0.3 is 10.1 Å². The molecular weight excluding hydrogens is 462 g/mol. The molecule has 1 atom stereocenters. The number of carbonyl (C=O) groups excluding carboxylic acids is 3. The molecular formula is C27H25N3O4S. The first-order chi connectivity index (χ1) is 16.9. The van der Waals surface area contributed by atoms with Crippen LogP contribution in [0.5, 0.6) is 5.75 Å². The van der Waals surface area contributed by atoms with Crippen LogP contribution in [0.1, 0.15) is 16.7 Å². The van der Waals surface area contributed by atoms with E-state index in [0.29, 0.717) is 28.4 Å². The number of thioether (sulfide) groups is 1. The molecule has 2 aliphatic rings. The Balaban J connectivity index is 1.52. The summed E-state index contributed by atoms with van der Waals surface area (Å²) in [5.41, 5.74) is 4.68. The lowest BCUT2D eigenvalue weighted by Gasteiger charge is -2.33. The van der Waals surface area contributed by atoms with Crippen molar-refractivity contribution in [2.75, 3.05) is 34.5 Å². The smallest absolute Gasteiger partial charge is 0.269 e. The number of fused-ring (bicyclic) bond motifs is 2. The molecule has 8 heteroatoms. The Morgan fingerprint density at radius 2 is 1.77 bits per heavy atom. The van der Waals surface area contributed by atoms with Crippen molar-refractivity contribution in [1.29, 1.82) is 0 Å². The SMILES string of the molecule is COc1ccccc1NC(=O)CN1C(=O)[C@]2(SCC(=O)N2c2ccc(C)c(C)c2)c2ccccc21. The summed E-state index contributed by atoms with van der Waals surface area (Å²) < 4.78 is 5.32. The van der Waals surface area contributed by atoms with Crippen LogP contribution < -0.4 is 19.9 Å². The molecule has 0 bridgehead atoms. The number of aryl methyl sites for hydroxylation is 2. The summed E-state index contributed by atoms with van der Waals surface area (Å²) >= 11 is 1.30. The molecule has 1 N–H and O–H groups in total. The number of amides is 3. The van der Waals surface area contributed by atoms with Gasteiger partial charge in [0.1, 0.15) is 12.3 Å². The third kappa shape index (κ3) is 3.65. The van der Waals surface area contributed by atoms with Crippen LogP contribution in [0.4, 0.5) is 17.1 Å². The molecule has 0 aromatic heterocycles. The second-order valence-corrected chi connectivity index (χ2v) is 9.76. The van der Waals surface area contributed by atoms with Gasteiger partial charge >= 0.3 is 0 Å². The maximum Gasteiger partial charge on any atom is 0.269 e. The van der Waals surface area contributed by atoms with Crippen molar-refractivity contribution in [3.63, 3.8) is 0 Å². The molecule has 0 unspecified atom stereocenters. The van der Waals surface area contributed by atoms with Gasteiger partial charge in [0.25, 0.3) is 5.91 Å². The van der Waals surface area contributed by atoms with E-state index in [9.17, 15) is 14.4 Å². The van der Waals surface area contributed by atoms with Crippen LogP contribution in [0, 0.1) is 13.8 Å². The maximum absolute atomic E-state index is 14.1. The summed E-state index contributed by atoms with van der Waals surface area (Å²) in [6.07, 6.45) is 0. The van der Waals surface area contributed by atoms with E-state index in [1.54, 1.807) is 23.1 Å². The average Bonchev–Trinajstić information content (AvgIpc) is 3.32. The number of nitrogens with zero attached hydrogens (tertiary/aromatic N) is 2. The lowest BCUT2D eigenvalue weighted by atomic mass is 10.0. The summed E-state index contributed by atoms with van der Waals surface area (Å²) in [6.45, 7) is 3.80. The first-order valence-corrected chi connectivity index (χ1v) is 12.2. The lowest BCUT2D eigenvalue weighted by molar-refractivity contribution is -0.124. The first kappa shape index (κ1) is 23.0. The highest BCUT2D eigenvalue weighted by atomic mass is 32.2. The zero-order valence-electron chi connectivity index (χ0n) is 19.7. The molecule has 1 spiro atoms. The molecule has 0 radical (unpaired) electrons. The van der Waals surface area contributed by atoms with Gasteiger partial charge in [-0.15, -0.1) is 11.8 Å². The fraction of sp³-hybridized carbons (Fsp3) is 0.222. The van der Waals surface area contributed by atoms with Gasteiger partial charge in [0.2, 0.25) is 16.7 Å². The van der Waals surface area contributed by atoms with Crippen LogP contribution in [0.15, 0.2) is 66.7 Å². The van der Waals surface area contributed by atoms with E-state index in [4.69, 9.17) is 4.74 Å². The maximum atomic E-state index is 14.1. The van der Waals surface area contributed by atoms with Crippen LogP contribution in [-0.4, -0.2) is 37.1 Å². The van der Waals surface area contributed by atoms with Crippen LogP contribution in [0.2, 0.25) is 0 Å². The van der Waals surface area contributed by atoms with E-state index in [1.807, 2.05) is 62.4 Å². The number of ether oxygens (including phenoxy) is 1. The minimum Gasteiger partial charge on any atom is -0.495 e. The molecule has 3 aromatic carbocycles. The van der Waals surface area contributed by atoms with E-state index < -0.39 is 4.87 Å². The van der Waals surface area contributed by atoms with Gasteiger partial charge in [-0.3, -0.25) is 24.2 Å². The minimum absolute atomic E-state index is 0.137. The van der Waals surface area contributed by atoms with Crippen molar-refractivity contribution in [3.8, 4) is 5.75 Å². The van der Waals surface area contributed by atoms with Gasteiger partial charge in [0, 0.05) is 11.3 Å². The molecule has 7 nitrogen and oxygen atoms in total. The first-order valence-electron chi connectivity index (χ1n) is 11.3. The Morgan fingerprint density at radius 3 is 2.54 bits per heavy atom. The van der Waals surface area contributed by atoms with Crippen molar-refractivity contribution in [2.45, 2.75) is 18.7 Å². The molecule has 0 saturated carbocycles. The highest BCUT2D eigenvalue weighted by Gasteiger charge is 2.61. The number of anilines is 3. The largest absolute Gasteiger partial charge is 0.495 e. The minimum atomic E-state index is -1.25. The summed E-state index contributed by atoms with van der Waals surface area (Å²) in [5, 5.41) is 2.84. The third-order valence-corrected chi connectivity index (χ3v) is 7.88. The quantitative estimate of drug-likeness (QED) is 0.583. The number of hydrogen-bond donors (Lipinski definition) is 1. The van der Waals surface area contributed by atoms with Gasteiger partial charge in [-0.2, -0.15) is 0 Å². The van der Waals surface area contributed by atoms with E-state index >= 15 is 0 Å². The van der Waals surface area contributed by atoms with E-state index in [0.717, 1.165) is 11.1 Å². The van der Waals surface area contributed by atoms with Crippen molar-refractivity contribution >= 4 is 46.5 Å². The van der Waals surface area contributed by atoms with Crippen molar-refractivity contribution in [1.82, 2.24) is 0 Å². The number of para-hydroxylation sites is 3.